The molecule has 0 atom stereocenters. The van der Waals surface area contributed by atoms with Crippen molar-refractivity contribution in [3.05, 3.63) is 36.7 Å². The van der Waals surface area contributed by atoms with Gasteiger partial charge in [-0.05, 0) is 50.2 Å². The maximum Gasteiger partial charge on any atom is 0.248 e. The van der Waals surface area contributed by atoms with Gasteiger partial charge in [-0.25, -0.2) is 9.97 Å². The van der Waals surface area contributed by atoms with E-state index in [1.54, 1.807) is 0 Å². The van der Waals surface area contributed by atoms with Gasteiger partial charge in [0, 0.05) is 43.6 Å². The Morgan fingerprint density at radius 2 is 1.79 bits per heavy atom. The van der Waals surface area contributed by atoms with Gasteiger partial charge in [-0.2, -0.15) is 9.67 Å². The third-order valence-corrected chi connectivity index (χ3v) is 5.93. The number of hydrogen-bond acceptors (Lipinski definition) is 10. The number of aromatic nitrogens is 5. The van der Waals surface area contributed by atoms with Crippen LogP contribution in [0.1, 0.15) is 12.8 Å². The summed E-state index contributed by atoms with van der Waals surface area (Å²) in [6, 6.07) is 10.0. The smallest absolute Gasteiger partial charge is 0.248 e. The lowest BCUT2D eigenvalue weighted by atomic mass is 10.2. The fourth-order valence-electron chi connectivity index (χ4n) is 4.16. The summed E-state index contributed by atoms with van der Waals surface area (Å²) < 4.78 is 6.93. The second-order valence-electron chi connectivity index (χ2n) is 8.21. The fraction of sp³-hybridized carbons (Fsp3) is 0.455. The van der Waals surface area contributed by atoms with Crippen LogP contribution < -0.4 is 21.3 Å². The molecule has 11 nitrogen and oxygen atoms in total. The number of likely N-dealkylation sites (tertiary alicyclic amines) is 1. The molecule has 0 bridgehead atoms. The standard InChI is InChI=1S/C22H30N10O/c23-21-28-22(27-17-3-5-18(6-4-17)31-11-13-33-14-12-31)29-32(21)20-15-19(25-16-26-20)24-7-10-30-8-1-2-9-30/h3-6,15-16H,1-2,7-14H2,(H,24,25,26)(H3,23,27,28,29). The first-order valence-corrected chi connectivity index (χ1v) is 11.5. The van der Waals surface area contributed by atoms with E-state index in [0.29, 0.717) is 11.8 Å². The van der Waals surface area contributed by atoms with E-state index in [9.17, 15) is 0 Å². The second-order valence-corrected chi connectivity index (χ2v) is 8.21. The first kappa shape index (κ1) is 21.4. The zero-order valence-corrected chi connectivity index (χ0v) is 18.7. The highest BCUT2D eigenvalue weighted by Crippen LogP contribution is 2.22. The van der Waals surface area contributed by atoms with Crippen molar-refractivity contribution in [1.29, 1.82) is 0 Å². The molecule has 0 saturated carbocycles. The molecule has 2 aliphatic rings. The molecule has 5 rings (SSSR count). The molecule has 33 heavy (non-hydrogen) atoms. The van der Waals surface area contributed by atoms with Crippen molar-refractivity contribution in [3.63, 3.8) is 0 Å². The van der Waals surface area contributed by atoms with Crippen LogP contribution in [-0.4, -0.2) is 82.1 Å². The number of nitrogens with two attached hydrogens (primary N) is 1. The first-order valence-electron chi connectivity index (χ1n) is 11.5. The monoisotopic (exact) mass is 450 g/mol. The molecule has 2 saturated heterocycles. The van der Waals surface area contributed by atoms with Gasteiger partial charge in [-0.1, -0.05) is 0 Å². The van der Waals surface area contributed by atoms with E-state index < -0.39 is 0 Å². The summed E-state index contributed by atoms with van der Waals surface area (Å²) >= 11 is 0. The average molecular weight is 451 g/mol. The number of rotatable bonds is 8. The maximum absolute atomic E-state index is 6.12. The van der Waals surface area contributed by atoms with E-state index in [1.165, 1.54) is 42.6 Å². The molecule has 2 aliphatic heterocycles. The molecule has 3 aromatic rings. The highest BCUT2D eigenvalue weighted by atomic mass is 16.5. The third-order valence-electron chi connectivity index (χ3n) is 5.93. The van der Waals surface area contributed by atoms with Crippen LogP contribution in [0.4, 0.5) is 29.1 Å². The second kappa shape index (κ2) is 10.0. The molecule has 2 fully saturated rings. The van der Waals surface area contributed by atoms with Crippen LogP contribution in [-0.2, 0) is 4.74 Å². The fourth-order valence-corrected chi connectivity index (χ4v) is 4.16. The number of nitrogen functional groups attached to an aromatic ring is 1. The zero-order chi connectivity index (χ0) is 22.5. The minimum atomic E-state index is 0.254. The van der Waals surface area contributed by atoms with Crippen molar-refractivity contribution in [1.82, 2.24) is 29.6 Å². The Balaban J connectivity index is 1.22. The normalized spacial score (nSPS) is 16.8. The van der Waals surface area contributed by atoms with Crippen molar-refractivity contribution in [2.75, 3.05) is 73.7 Å². The van der Waals surface area contributed by atoms with E-state index in [0.717, 1.165) is 50.9 Å². The van der Waals surface area contributed by atoms with Gasteiger partial charge in [0.05, 0.1) is 13.2 Å². The van der Waals surface area contributed by atoms with Crippen LogP contribution in [0, 0.1) is 0 Å². The van der Waals surface area contributed by atoms with Crippen molar-refractivity contribution in [2.45, 2.75) is 12.8 Å². The molecule has 174 valence electrons. The summed E-state index contributed by atoms with van der Waals surface area (Å²) in [5, 5.41) is 11.1. The Hall–Kier alpha value is -3.44. The molecule has 0 amide bonds. The topological polar surface area (TPSA) is 122 Å². The molecule has 0 spiro atoms. The number of hydrogen-bond donors (Lipinski definition) is 3. The molecule has 4 heterocycles. The van der Waals surface area contributed by atoms with E-state index in [-0.39, 0.29) is 5.95 Å². The highest BCUT2D eigenvalue weighted by molar-refractivity contribution is 5.60. The Bertz CT molecular complexity index is 1040. The summed E-state index contributed by atoms with van der Waals surface area (Å²) in [7, 11) is 0. The molecule has 0 radical (unpaired) electrons. The van der Waals surface area contributed by atoms with E-state index >= 15 is 0 Å². The van der Waals surface area contributed by atoms with Gasteiger partial charge in [-0.15, -0.1) is 5.10 Å². The SMILES string of the molecule is Nc1nc(Nc2ccc(N3CCOCC3)cc2)nn1-c1cc(NCCN2CCCC2)ncn1. The van der Waals surface area contributed by atoms with Crippen molar-refractivity contribution >= 4 is 29.1 Å². The van der Waals surface area contributed by atoms with Crippen LogP contribution in [0.15, 0.2) is 36.7 Å². The third kappa shape index (κ3) is 5.32. The number of nitrogens with one attached hydrogen (secondary N) is 2. The van der Waals surface area contributed by atoms with E-state index in [2.05, 4.69) is 52.6 Å². The van der Waals surface area contributed by atoms with Crippen LogP contribution in [0.3, 0.4) is 0 Å². The number of morpholine rings is 1. The quantitative estimate of drug-likeness (QED) is 0.467. The first-order chi connectivity index (χ1) is 16.2. The molecular weight excluding hydrogens is 420 g/mol. The Labute approximate surface area is 193 Å². The summed E-state index contributed by atoms with van der Waals surface area (Å²) in [5.41, 5.74) is 8.18. The van der Waals surface area contributed by atoms with Crippen molar-refractivity contribution < 1.29 is 4.74 Å². The molecule has 11 heteroatoms. The van der Waals surface area contributed by atoms with Crippen LogP contribution in [0.25, 0.3) is 5.82 Å². The van der Waals surface area contributed by atoms with Crippen LogP contribution >= 0.6 is 0 Å². The van der Waals surface area contributed by atoms with Crippen LogP contribution in [0.2, 0.25) is 0 Å². The van der Waals surface area contributed by atoms with Gasteiger partial charge in [0.15, 0.2) is 5.82 Å². The minimum absolute atomic E-state index is 0.254. The van der Waals surface area contributed by atoms with E-state index in [4.69, 9.17) is 10.5 Å². The molecule has 0 aliphatic carbocycles. The van der Waals surface area contributed by atoms with Gasteiger partial charge >= 0.3 is 0 Å². The Kier molecular flexibility index (Phi) is 6.49. The van der Waals surface area contributed by atoms with Gasteiger partial charge in [0.2, 0.25) is 11.9 Å². The van der Waals surface area contributed by atoms with E-state index in [1.807, 2.05) is 18.2 Å². The van der Waals surface area contributed by atoms with Crippen LogP contribution in [0.5, 0.6) is 0 Å². The largest absolute Gasteiger partial charge is 0.378 e. The molecule has 2 aromatic heterocycles. The summed E-state index contributed by atoms with van der Waals surface area (Å²) in [5.74, 6) is 1.97. The van der Waals surface area contributed by atoms with Gasteiger partial charge in [0.25, 0.3) is 0 Å². The van der Waals surface area contributed by atoms with Gasteiger partial charge < -0.3 is 30.9 Å². The zero-order valence-electron chi connectivity index (χ0n) is 18.7. The number of benzene rings is 1. The van der Waals surface area contributed by atoms with Crippen molar-refractivity contribution in [3.8, 4) is 5.82 Å². The van der Waals surface area contributed by atoms with Gasteiger partial charge in [-0.3, -0.25) is 0 Å². The van der Waals surface area contributed by atoms with Gasteiger partial charge in [0.1, 0.15) is 12.1 Å². The number of nitrogens with zero attached hydrogens (tertiary/aromatic N) is 7. The number of ether oxygens (including phenoxy) is 1. The summed E-state index contributed by atoms with van der Waals surface area (Å²) in [6.07, 6.45) is 4.08. The lowest BCUT2D eigenvalue weighted by molar-refractivity contribution is 0.122. The molecular formula is C22H30N10O. The minimum Gasteiger partial charge on any atom is -0.378 e. The molecule has 0 unspecified atom stereocenters. The predicted molar refractivity (Wildman–Crippen MR) is 128 cm³/mol. The summed E-state index contributed by atoms with van der Waals surface area (Å²) in [6.45, 7) is 7.53. The summed E-state index contributed by atoms with van der Waals surface area (Å²) in [4.78, 5) is 17.7. The number of anilines is 5. The Morgan fingerprint density at radius 3 is 2.58 bits per heavy atom. The highest BCUT2D eigenvalue weighted by Gasteiger charge is 2.14. The average Bonchev–Trinajstić information content (AvgIpc) is 3.50. The lowest BCUT2D eigenvalue weighted by Crippen LogP contribution is -2.36. The lowest BCUT2D eigenvalue weighted by Gasteiger charge is -2.28. The molecule has 1 aromatic carbocycles. The van der Waals surface area contributed by atoms with Crippen molar-refractivity contribution in [2.24, 2.45) is 0 Å². The maximum atomic E-state index is 6.12. The predicted octanol–water partition coefficient (Wildman–Crippen LogP) is 1.73. The Morgan fingerprint density at radius 1 is 1.00 bits per heavy atom. The molecule has 4 N–H and O–H groups in total.